The van der Waals surface area contributed by atoms with Gasteiger partial charge < -0.3 is 14.6 Å². The van der Waals surface area contributed by atoms with E-state index in [-0.39, 0.29) is 5.41 Å². The first kappa shape index (κ1) is 28.1. The summed E-state index contributed by atoms with van der Waals surface area (Å²) in [5, 5.41) is 7.26. The van der Waals surface area contributed by atoms with Crippen molar-refractivity contribution in [3.8, 4) is 0 Å². The van der Waals surface area contributed by atoms with Gasteiger partial charge in [0, 0.05) is 23.4 Å². The van der Waals surface area contributed by atoms with Crippen molar-refractivity contribution in [2.45, 2.75) is 85.0 Å². The van der Waals surface area contributed by atoms with Crippen LogP contribution >= 0.6 is 0 Å². The molecule has 30 heavy (non-hydrogen) atoms. The predicted octanol–water partition coefficient (Wildman–Crippen LogP) is 6.98. The fourth-order valence-electron chi connectivity index (χ4n) is 3.39. The topological polar surface area (TPSA) is 59.6 Å². The van der Waals surface area contributed by atoms with Crippen molar-refractivity contribution in [1.29, 1.82) is 0 Å². The predicted molar refractivity (Wildman–Crippen MR) is 130 cm³/mol. The maximum absolute atomic E-state index is 5.55. The van der Waals surface area contributed by atoms with E-state index >= 15 is 0 Å². The van der Waals surface area contributed by atoms with Crippen LogP contribution in [0.4, 0.5) is 5.88 Å². The van der Waals surface area contributed by atoms with Crippen molar-refractivity contribution in [1.82, 2.24) is 10.5 Å². The molecule has 0 saturated heterocycles. The summed E-state index contributed by atoms with van der Waals surface area (Å²) in [7, 11) is 2.01. The van der Waals surface area contributed by atoms with Crippen LogP contribution in [0.1, 0.15) is 85.3 Å². The second-order valence-corrected chi connectivity index (χ2v) is 8.40. The molecular weight excluding hydrogens is 374 g/mol. The molecule has 1 saturated carbocycles. The lowest BCUT2D eigenvalue weighted by molar-refractivity contribution is 0.0952. The van der Waals surface area contributed by atoms with Gasteiger partial charge in [-0.2, -0.15) is 0 Å². The Bertz CT molecular complexity index is 612. The lowest BCUT2D eigenvalue weighted by Crippen LogP contribution is -2.34. The van der Waals surface area contributed by atoms with Gasteiger partial charge in [0.2, 0.25) is 5.88 Å². The number of aromatic nitrogens is 1. The molecule has 172 valence electrons. The van der Waals surface area contributed by atoms with E-state index in [1.807, 2.05) is 26.1 Å². The maximum atomic E-state index is 5.55. The summed E-state index contributed by atoms with van der Waals surface area (Å²) in [6, 6.07) is 1.86. The number of allylic oxidation sites excluding steroid dienone is 2. The molecule has 0 aromatic carbocycles. The van der Waals surface area contributed by atoms with Crippen LogP contribution < -0.4 is 5.32 Å². The summed E-state index contributed by atoms with van der Waals surface area (Å²) in [4.78, 5) is 3.69. The number of nitrogens with zero attached hydrogens (tertiary/aromatic N) is 2. The first-order chi connectivity index (χ1) is 14.3. The summed E-state index contributed by atoms with van der Waals surface area (Å²) >= 11 is 0. The molecule has 0 unspecified atom stereocenters. The molecule has 0 atom stereocenters. The summed E-state index contributed by atoms with van der Waals surface area (Å²) in [5.74, 6) is 1.34. The van der Waals surface area contributed by atoms with Crippen LogP contribution in [0.25, 0.3) is 0 Å². The molecule has 5 nitrogen and oxygen atoms in total. The van der Waals surface area contributed by atoms with Gasteiger partial charge in [-0.1, -0.05) is 58.3 Å². The number of hydrogen-bond donors (Lipinski definition) is 1. The van der Waals surface area contributed by atoms with Crippen LogP contribution in [0.3, 0.4) is 0 Å². The molecule has 5 heteroatoms. The van der Waals surface area contributed by atoms with Gasteiger partial charge in [0.25, 0.3) is 0 Å². The molecule has 1 heterocycles. The largest absolute Gasteiger partial charge is 0.498 e. The summed E-state index contributed by atoms with van der Waals surface area (Å²) < 4.78 is 10.5. The van der Waals surface area contributed by atoms with Gasteiger partial charge >= 0.3 is 0 Å². The summed E-state index contributed by atoms with van der Waals surface area (Å²) in [5.41, 5.74) is 1.46. The molecule has 1 fully saturated rings. The minimum Gasteiger partial charge on any atom is -0.498 e. The minimum absolute atomic E-state index is 0.104. The third-order valence-electron chi connectivity index (χ3n) is 5.96. The van der Waals surface area contributed by atoms with Crippen LogP contribution in [-0.4, -0.2) is 32.1 Å². The van der Waals surface area contributed by atoms with Gasteiger partial charge in [0.15, 0.2) is 0 Å². The standard InChI is InChI=1S/C11H21NO.C10H16N2O.C4H8/c1-10(2)13-9-11(8-12-3)6-4-5-7-11;1-5-10(3,6-2)8-7-9(11-4)13-12-8;1-3-4-2/h12H,1,4-9H2,2-3H3;7H,4-6H2,1-3H3;3H,1,4H2,2H3. The SMILES string of the molecule is C=C(C)OCC1(CNC)CCCC1.C=CCC.C=Nc1cc(C(C)(CC)CC)no1. The van der Waals surface area contributed by atoms with Crippen molar-refractivity contribution in [2.24, 2.45) is 10.4 Å². The molecule has 0 radical (unpaired) electrons. The number of aliphatic imine (C=N–C) groups is 1. The average Bonchev–Trinajstić information content (AvgIpc) is 3.43. The van der Waals surface area contributed by atoms with Gasteiger partial charge in [-0.15, -0.1) is 6.58 Å². The van der Waals surface area contributed by atoms with E-state index in [4.69, 9.17) is 9.26 Å². The Morgan fingerprint density at radius 2 is 1.90 bits per heavy atom. The van der Waals surface area contributed by atoms with Gasteiger partial charge in [-0.25, -0.2) is 4.99 Å². The molecule has 0 spiro atoms. The second kappa shape index (κ2) is 15.0. The Hall–Kier alpha value is -1.88. The van der Waals surface area contributed by atoms with Gasteiger partial charge in [-0.05, 0) is 52.8 Å². The van der Waals surface area contributed by atoms with E-state index in [2.05, 4.69) is 63.0 Å². The first-order valence-corrected chi connectivity index (χ1v) is 11.2. The molecule has 1 aromatic heterocycles. The minimum atomic E-state index is 0.104. The Labute approximate surface area is 185 Å². The summed E-state index contributed by atoms with van der Waals surface area (Å²) in [6.45, 7) is 23.0. The number of rotatable bonds is 10. The maximum Gasteiger partial charge on any atom is 0.250 e. The Kier molecular flexibility index (Phi) is 14.1. The quantitative estimate of drug-likeness (QED) is 0.252. The normalized spacial score (nSPS) is 14.6. The van der Waals surface area contributed by atoms with E-state index < -0.39 is 0 Å². The summed E-state index contributed by atoms with van der Waals surface area (Å²) in [6.07, 6.45) is 10.3. The molecule has 1 aliphatic carbocycles. The van der Waals surface area contributed by atoms with E-state index in [1.54, 1.807) is 0 Å². The molecule has 0 bridgehead atoms. The van der Waals surface area contributed by atoms with Crippen molar-refractivity contribution in [3.63, 3.8) is 0 Å². The fourth-order valence-corrected chi connectivity index (χ4v) is 3.39. The lowest BCUT2D eigenvalue weighted by atomic mass is 9.81. The molecule has 2 rings (SSSR count). The lowest BCUT2D eigenvalue weighted by Gasteiger charge is -2.28. The zero-order valence-electron chi connectivity index (χ0n) is 20.4. The number of nitrogens with one attached hydrogen (secondary N) is 1. The van der Waals surface area contributed by atoms with Crippen LogP contribution in [0.2, 0.25) is 0 Å². The zero-order valence-corrected chi connectivity index (χ0v) is 20.4. The highest BCUT2D eigenvalue weighted by Gasteiger charge is 2.33. The molecule has 1 N–H and O–H groups in total. The zero-order chi connectivity index (χ0) is 23.0. The van der Waals surface area contributed by atoms with Crippen molar-refractivity contribution < 1.29 is 9.26 Å². The number of ether oxygens (including phenoxy) is 1. The molecule has 0 amide bonds. The monoisotopic (exact) mass is 419 g/mol. The smallest absolute Gasteiger partial charge is 0.250 e. The van der Waals surface area contributed by atoms with E-state index in [1.165, 1.54) is 25.7 Å². The van der Waals surface area contributed by atoms with Crippen molar-refractivity contribution in [3.05, 3.63) is 36.8 Å². The van der Waals surface area contributed by atoms with E-state index in [0.717, 1.165) is 43.9 Å². The highest BCUT2D eigenvalue weighted by Crippen LogP contribution is 2.38. The molecule has 1 aromatic rings. The molecule has 0 aliphatic heterocycles. The van der Waals surface area contributed by atoms with Gasteiger partial charge in [0.1, 0.15) is 0 Å². The van der Waals surface area contributed by atoms with Crippen LogP contribution in [-0.2, 0) is 10.2 Å². The number of hydrogen-bond acceptors (Lipinski definition) is 5. The molecular formula is C25H45N3O2. The van der Waals surface area contributed by atoms with Gasteiger partial charge in [-0.3, -0.25) is 0 Å². The second-order valence-electron chi connectivity index (χ2n) is 8.40. The van der Waals surface area contributed by atoms with Crippen LogP contribution in [0, 0.1) is 5.41 Å². The highest BCUT2D eigenvalue weighted by atomic mass is 16.5. The average molecular weight is 420 g/mol. The highest BCUT2D eigenvalue weighted by molar-refractivity contribution is 5.38. The van der Waals surface area contributed by atoms with Gasteiger partial charge in [0.05, 0.1) is 18.1 Å². The molecule has 1 aliphatic rings. The first-order valence-electron chi connectivity index (χ1n) is 11.2. The van der Waals surface area contributed by atoms with Crippen molar-refractivity contribution >= 4 is 12.6 Å². The Balaban J connectivity index is 0.000000477. The van der Waals surface area contributed by atoms with Crippen LogP contribution in [0.5, 0.6) is 0 Å². The third kappa shape index (κ3) is 9.75. The van der Waals surface area contributed by atoms with E-state index in [9.17, 15) is 0 Å². The Morgan fingerprint density at radius 3 is 2.27 bits per heavy atom. The van der Waals surface area contributed by atoms with Crippen molar-refractivity contribution in [2.75, 3.05) is 20.2 Å². The van der Waals surface area contributed by atoms with E-state index in [0.29, 0.717) is 11.3 Å². The third-order valence-corrected chi connectivity index (χ3v) is 5.96. The van der Waals surface area contributed by atoms with Crippen LogP contribution in [0.15, 0.2) is 40.6 Å². The fraction of sp³-hybridized carbons (Fsp3) is 0.680. The Morgan fingerprint density at radius 1 is 1.33 bits per heavy atom.